The van der Waals surface area contributed by atoms with Crippen molar-refractivity contribution in [3.05, 3.63) is 12.2 Å². The summed E-state index contributed by atoms with van der Waals surface area (Å²) in [7, 11) is 0. The summed E-state index contributed by atoms with van der Waals surface area (Å²) in [6.07, 6.45) is 21.9. The molecule has 0 aromatic carbocycles. The highest BCUT2D eigenvalue weighted by Crippen LogP contribution is 2.40. The van der Waals surface area contributed by atoms with Gasteiger partial charge in [0.25, 0.3) is 0 Å². The van der Waals surface area contributed by atoms with Crippen molar-refractivity contribution >= 4 is 0 Å². The van der Waals surface area contributed by atoms with Crippen LogP contribution in [-0.2, 0) is 4.74 Å². The van der Waals surface area contributed by atoms with E-state index in [0.717, 1.165) is 24.4 Å². The lowest BCUT2D eigenvalue weighted by molar-refractivity contribution is 0.00645. The van der Waals surface area contributed by atoms with Crippen LogP contribution in [-0.4, -0.2) is 12.7 Å². The predicted molar refractivity (Wildman–Crippen MR) is 96.1 cm³/mol. The van der Waals surface area contributed by atoms with Crippen LogP contribution in [0.5, 0.6) is 0 Å². The van der Waals surface area contributed by atoms with Crippen LogP contribution in [0.3, 0.4) is 0 Å². The SMILES string of the molecule is CCCC=CC1CCC(C2CCC(OCCCC)CC2)CC1. The van der Waals surface area contributed by atoms with Crippen LogP contribution in [0.1, 0.15) is 90.9 Å². The van der Waals surface area contributed by atoms with Crippen molar-refractivity contribution in [3.63, 3.8) is 0 Å². The summed E-state index contributed by atoms with van der Waals surface area (Å²) in [5.41, 5.74) is 0. The van der Waals surface area contributed by atoms with E-state index in [-0.39, 0.29) is 0 Å². The third-order valence-corrected chi connectivity index (χ3v) is 5.92. The van der Waals surface area contributed by atoms with Gasteiger partial charge in [0.2, 0.25) is 0 Å². The van der Waals surface area contributed by atoms with E-state index in [1.54, 1.807) is 0 Å². The molecule has 1 nitrogen and oxygen atoms in total. The van der Waals surface area contributed by atoms with Gasteiger partial charge < -0.3 is 4.74 Å². The number of rotatable bonds is 8. The lowest BCUT2D eigenvalue weighted by Crippen LogP contribution is -2.28. The summed E-state index contributed by atoms with van der Waals surface area (Å²) in [5, 5.41) is 0. The van der Waals surface area contributed by atoms with Crippen molar-refractivity contribution in [1.29, 1.82) is 0 Å². The second-order valence-electron chi connectivity index (χ2n) is 7.65. The lowest BCUT2D eigenvalue weighted by atomic mass is 9.70. The zero-order valence-electron chi connectivity index (χ0n) is 15.1. The summed E-state index contributed by atoms with van der Waals surface area (Å²) >= 11 is 0. The molecule has 0 aromatic heterocycles. The molecule has 2 fully saturated rings. The van der Waals surface area contributed by atoms with Crippen molar-refractivity contribution in [1.82, 2.24) is 0 Å². The van der Waals surface area contributed by atoms with Crippen molar-refractivity contribution in [2.24, 2.45) is 17.8 Å². The van der Waals surface area contributed by atoms with Gasteiger partial charge in [0, 0.05) is 6.61 Å². The maximum atomic E-state index is 6.02. The first-order valence-electron chi connectivity index (χ1n) is 10.1. The molecule has 0 bridgehead atoms. The minimum absolute atomic E-state index is 0.580. The minimum Gasteiger partial charge on any atom is -0.378 e. The number of hydrogen-bond donors (Lipinski definition) is 0. The summed E-state index contributed by atoms with van der Waals surface area (Å²) in [6, 6.07) is 0. The Balaban J connectivity index is 1.62. The minimum atomic E-state index is 0.580. The van der Waals surface area contributed by atoms with Gasteiger partial charge in [-0.15, -0.1) is 0 Å². The van der Waals surface area contributed by atoms with Crippen molar-refractivity contribution in [2.75, 3.05) is 6.61 Å². The van der Waals surface area contributed by atoms with Crippen LogP contribution in [0, 0.1) is 17.8 Å². The van der Waals surface area contributed by atoms with Gasteiger partial charge in [-0.1, -0.05) is 38.8 Å². The summed E-state index contributed by atoms with van der Waals surface area (Å²) in [4.78, 5) is 0. The summed E-state index contributed by atoms with van der Waals surface area (Å²) in [6.45, 7) is 5.50. The van der Waals surface area contributed by atoms with E-state index in [9.17, 15) is 0 Å². The van der Waals surface area contributed by atoms with E-state index >= 15 is 0 Å². The molecule has 2 rings (SSSR count). The van der Waals surface area contributed by atoms with Gasteiger partial charge in [-0.2, -0.15) is 0 Å². The van der Waals surface area contributed by atoms with Gasteiger partial charge in [0.15, 0.2) is 0 Å². The molecule has 0 saturated heterocycles. The fourth-order valence-electron chi connectivity index (χ4n) is 4.39. The van der Waals surface area contributed by atoms with E-state index < -0.39 is 0 Å². The topological polar surface area (TPSA) is 9.23 Å². The molecule has 1 heteroatoms. The predicted octanol–water partition coefficient (Wildman–Crippen LogP) is 6.52. The molecule has 2 saturated carbocycles. The third kappa shape index (κ3) is 6.07. The van der Waals surface area contributed by atoms with Crippen molar-refractivity contribution < 1.29 is 4.74 Å². The van der Waals surface area contributed by atoms with E-state index in [4.69, 9.17) is 4.74 Å². The van der Waals surface area contributed by atoms with Gasteiger partial charge in [0.05, 0.1) is 6.10 Å². The number of ether oxygens (including phenoxy) is 1. The molecule has 0 amide bonds. The average molecular weight is 307 g/mol. The molecule has 0 heterocycles. The van der Waals surface area contributed by atoms with Crippen LogP contribution in [0.25, 0.3) is 0 Å². The van der Waals surface area contributed by atoms with Crippen LogP contribution in [0.4, 0.5) is 0 Å². The standard InChI is InChI=1S/C21H38O/c1-3-5-7-8-18-9-11-19(12-10-18)20-13-15-21(16-14-20)22-17-6-4-2/h7-8,18-21H,3-6,9-17H2,1-2H3. The van der Waals surface area contributed by atoms with Crippen LogP contribution in [0.2, 0.25) is 0 Å². The van der Waals surface area contributed by atoms with E-state index in [2.05, 4.69) is 26.0 Å². The Kier molecular flexibility index (Phi) is 8.59. The Morgan fingerprint density at radius 2 is 1.45 bits per heavy atom. The molecule has 0 spiro atoms. The fraction of sp³-hybridized carbons (Fsp3) is 0.905. The molecule has 0 aromatic rings. The average Bonchev–Trinajstić information content (AvgIpc) is 2.57. The van der Waals surface area contributed by atoms with E-state index in [1.165, 1.54) is 77.0 Å². The largest absolute Gasteiger partial charge is 0.378 e. The monoisotopic (exact) mass is 306 g/mol. The molecule has 0 aliphatic heterocycles. The summed E-state index contributed by atoms with van der Waals surface area (Å²) in [5.74, 6) is 2.91. The fourth-order valence-corrected chi connectivity index (χ4v) is 4.39. The Bertz CT molecular complexity index is 293. The third-order valence-electron chi connectivity index (χ3n) is 5.92. The second-order valence-corrected chi connectivity index (χ2v) is 7.65. The molecule has 2 aliphatic carbocycles. The highest BCUT2D eigenvalue weighted by molar-refractivity contribution is 4.92. The molecule has 22 heavy (non-hydrogen) atoms. The van der Waals surface area contributed by atoms with Crippen LogP contribution < -0.4 is 0 Å². The second kappa shape index (κ2) is 10.5. The number of hydrogen-bond acceptors (Lipinski definition) is 1. The van der Waals surface area contributed by atoms with Crippen LogP contribution >= 0.6 is 0 Å². The Morgan fingerprint density at radius 1 is 0.818 bits per heavy atom. The molecule has 128 valence electrons. The zero-order chi connectivity index (χ0) is 15.6. The molecule has 2 aliphatic rings. The van der Waals surface area contributed by atoms with Crippen LogP contribution in [0.15, 0.2) is 12.2 Å². The van der Waals surface area contributed by atoms with Gasteiger partial charge in [-0.3, -0.25) is 0 Å². The van der Waals surface area contributed by atoms with Crippen molar-refractivity contribution in [3.8, 4) is 0 Å². The Hall–Kier alpha value is -0.300. The van der Waals surface area contributed by atoms with Gasteiger partial charge in [-0.05, 0) is 82.0 Å². The molecule has 0 N–H and O–H groups in total. The molecule has 0 unspecified atom stereocenters. The van der Waals surface area contributed by atoms with Crippen molar-refractivity contribution in [2.45, 2.75) is 97.0 Å². The maximum Gasteiger partial charge on any atom is 0.0575 e. The molecular weight excluding hydrogens is 268 g/mol. The van der Waals surface area contributed by atoms with Gasteiger partial charge >= 0.3 is 0 Å². The maximum absolute atomic E-state index is 6.02. The zero-order valence-corrected chi connectivity index (χ0v) is 15.1. The smallest absolute Gasteiger partial charge is 0.0575 e. The highest BCUT2D eigenvalue weighted by atomic mass is 16.5. The Labute approximate surface area is 138 Å². The van der Waals surface area contributed by atoms with Gasteiger partial charge in [0.1, 0.15) is 0 Å². The normalized spacial score (nSPS) is 33.4. The lowest BCUT2D eigenvalue weighted by Gasteiger charge is -2.37. The summed E-state index contributed by atoms with van der Waals surface area (Å²) < 4.78 is 6.02. The first-order valence-corrected chi connectivity index (χ1v) is 10.1. The first kappa shape index (κ1) is 18.0. The first-order chi connectivity index (χ1) is 10.8. The molecular formula is C21H38O. The molecule has 0 radical (unpaired) electrons. The highest BCUT2D eigenvalue weighted by Gasteiger charge is 2.30. The quantitative estimate of drug-likeness (QED) is 0.366. The number of unbranched alkanes of at least 4 members (excludes halogenated alkanes) is 2. The van der Waals surface area contributed by atoms with E-state index in [1.807, 2.05) is 0 Å². The molecule has 0 atom stereocenters. The number of allylic oxidation sites excluding steroid dienone is 2. The Morgan fingerprint density at radius 3 is 2.05 bits per heavy atom. The van der Waals surface area contributed by atoms with Gasteiger partial charge in [-0.25, -0.2) is 0 Å². The van der Waals surface area contributed by atoms with E-state index in [0.29, 0.717) is 6.10 Å².